The van der Waals surface area contributed by atoms with Crippen LogP contribution in [-0.4, -0.2) is 44.2 Å². The lowest BCUT2D eigenvalue weighted by molar-refractivity contribution is 0.410. The van der Waals surface area contributed by atoms with Crippen molar-refractivity contribution in [2.45, 2.75) is 52.5 Å². The van der Waals surface area contributed by atoms with E-state index in [-0.39, 0.29) is 0 Å². The molecule has 0 aromatic heterocycles. The van der Waals surface area contributed by atoms with E-state index in [4.69, 9.17) is 0 Å². The van der Waals surface area contributed by atoms with E-state index in [1.54, 1.807) is 4.31 Å². The summed E-state index contributed by atoms with van der Waals surface area (Å²) in [5.41, 5.74) is 0. The fourth-order valence-electron chi connectivity index (χ4n) is 1.96. The van der Waals surface area contributed by atoms with Gasteiger partial charge in [-0.15, -0.1) is 0 Å². The highest BCUT2D eigenvalue weighted by Gasteiger charge is 2.29. The molecule has 18 heavy (non-hydrogen) atoms. The summed E-state index contributed by atoms with van der Waals surface area (Å²) < 4.78 is 25.9. The molecule has 5 heteroatoms. The fraction of sp³-hybridized carbons (Fsp3) is 1.00. The molecule has 1 N–H and O–H groups in total. The highest BCUT2D eigenvalue weighted by Crippen LogP contribution is 2.30. The van der Waals surface area contributed by atoms with Crippen LogP contribution in [0.5, 0.6) is 0 Å². The molecule has 0 aromatic rings. The number of nitrogens with zero attached hydrogens (tertiary/aromatic N) is 1. The summed E-state index contributed by atoms with van der Waals surface area (Å²) in [5, 5.41) is 3.31. The van der Waals surface area contributed by atoms with E-state index in [1.165, 1.54) is 12.8 Å². The molecule has 1 rings (SSSR count). The third-order valence-electron chi connectivity index (χ3n) is 3.29. The Kier molecular flexibility index (Phi) is 6.60. The molecule has 0 radical (unpaired) electrons. The lowest BCUT2D eigenvalue weighted by atomic mass is 10.3. The summed E-state index contributed by atoms with van der Waals surface area (Å²) in [6, 6.07) is 0.476. The molecule has 1 aliphatic carbocycles. The summed E-state index contributed by atoms with van der Waals surface area (Å²) in [6.07, 6.45) is 4.08. The Morgan fingerprint density at radius 3 is 2.44 bits per heavy atom. The molecule has 0 unspecified atom stereocenters. The molecule has 1 fully saturated rings. The van der Waals surface area contributed by atoms with Crippen LogP contribution in [0.4, 0.5) is 0 Å². The van der Waals surface area contributed by atoms with E-state index >= 15 is 0 Å². The Morgan fingerprint density at radius 1 is 1.28 bits per heavy atom. The van der Waals surface area contributed by atoms with Crippen molar-refractivity contribution in [2.75, 3.05) is 25.4 Å². The largest absolute Gasteiger partial charge is 0.315 e. The molecule has 1 aliphatic rings. The SMILES string of the molecule is CCN(CC1CC1)S(=O)(=O)CCCCNC(C)C. The molecule has 4 nitrogen and oxygen atoms in total. The first kappa shape index (κ1) is 15.9. The average molecular weight is 276 g/mol. The molecule has 0 heterocycles. The Hall–Kier alpha value is -0.130. The standard InChI is InChI=1S/C13H28N2O2S/c1-4-15(11-13-7-8-13)18(16,17)10-6-5-9-14-12(2)3/h12-14H,4-11H2,1-3H3. The zero-order chi connectivity index (χ0) is 13.6. The minimum absolute atomic E-state index is 0.299. The Morgan fingerprint density at radius 2 is 1.94 bits per heavy atom. The van der Waals surface area contributed by atoms with Gasteiger partial charge in [-0.3, -0.25) is 0 Å². The predicted molar refractivity (Wildman–Crippen MR) is 76.1 cm³/mol. The van der Waals surface area contributed by atoms with Crippen LogP contribution in [0.2, 0.25) is 0 Å². The van der Waals surface area contributed by atoms with E-state index in [0.717, 1.165) is 25.9 Å². The second-order valence-corrected chi connectivity index (χ2v) is 7.61. The number of nitrogens with one attached hydrogen (secondary N) is 1. The molecule has 0 atom stereocenters. The van der Waals surface area contributed by atoms with E-state index in [9.17, 15) is 8.42 Å². The minimum Gasteiger partial charge on any atom is -0.315 e. The van der Waals surface area contributed by atoms with Gasteiger partial charge in [0.2, 0.25) is 10.0 Å². The van der Waals surface area contributed by atoms with Gasteiger partial charge >= 0.3 is 0 Å². The van der Waals surface area contributed by atoms with Crippen LogP contribution in [0.3, 0.4) is 0 Å². The first-order valence-electron chi connectivity index (χ1n) is 7.17. The highest BCUT2D eigenvalue weighted by atomic mass is 32.2. The molecular weight excluding hydrogens is 248 g/mol. The van der Waals surface area contributed by atoms with Gasteiger partial charge in [0.25, 0.3) is 0 Å². The van der Waals surface area contributed by atoms with Crippen molar-refractivity contribution in [2.24, 2.45) is 5.92 Å². The van der Waals surface area contributed by atoms with E-state index < -0.39 is 10.0 Å². The van der Waals surface area contributed by atoms with Crippen LogP contribution in [0, 0.1) is 5.92 Å². The van der Waals surface area contributed by atoms with Gasteiger partial charge in [-0.1, -0.05) is 20.8 Å². The monoisotopic (exact) mass is 276 g/mol. The van der Waals surface area contributed by atoms with Gasteiger partial charge in [0.1, 0.15) is 0 Å². The minimum atomic E-state index is -3.02. The second-order valence-electron chi connectivity index (χ2n) is 5.53. The maximum Gasteiger partial charge on any atom is 0.214 e. The van der Waals surface area contributed by atoms with Gasteiger partial charge in [-0.05, 0) is 38.1 Å². The summed E-state index contributed by atoms with van der Waals surface area (Å²) >= 11 is 0. The molecule has 0 bridgehead atoms. The van der Waals surface area contributed by atoms with Crippen LogP contribution in [-0.2, 0) is 10.0 Å². The van der Waals surface area contributed by atoms with E-state index in [0.29, 0.717) is 24.3 Å². The van der Waals surface area contributed by atoms with Crippen LogP contribution < -0.4 is 5.32 Å². The summed E-state index contributed by atoms with van der Waals surface area (Å²) in [6.45, 7) is 8.39. The van der Waals surface area contributed by atoms with Crippen molar-refractivity contribution in [1.29, 1.82) is 0 Å². The van der Waals surface area contributed by atoms with Crippen molar-refractivity contribution >= 4 is 10.0 Å². The predicted octanol–water partition coefficient (Wildman–Crippen LogP) is 1.83. The molecule has 0 spiro atoms. The molecule has 0 amide bonds. The molecular formula is C13H28N2O2S. The zero-order valence-electron chi connectivity index (χ0n) is 12.0. The Bertz CT molecular complexity index is 324. The van der Waals surface area contributed by atoms with Crippen molar-refractivity contribution in [3.05, 3.63) is 0 Å². The van der Waals surface area contributed by atoms with Gasteiger partial charge < -0.3 is 5.32 Å². The van der Waals surface area contributed by atoms with Crippen molar-refractivity contribution in [3.8, 4) is 0 Å². The van der Waals surface area contributed by atoms with Crippen molar-refractivity contribution in [3.63, 3.8) is 0 Å². The Balaban J connectivity index is 2.24. The maximum atomic E-state index is 12.1. The van der Waals surface area contributed by atoms with Crippen LogP contribution in [0.15, 0.2) is 0 Å². The topological polar surface area (TPSA) is 49.4 Å². The van der Waals surface area contributed by atoms with Crippen LogP contribution >= 0.6 is 0 Å². The third-order valence-corrected chi connectivity index (χ3v) is 5.29. The fourth-order valence-corrected chi connectivity index (χ4v) is 3.62. The average Bonchev–Trinajstić information content (AvgIpc) is 3.08. The third kappa shape index (κ3) is 6.16. The zero-order valence-corrected chi connectivity index (χ0v) is 12.8. The van der Waals surface area contributed by atoms with Crippen molar-refractivity contribution < 1.29 is 8.42 Å². The molecule has 0 aliphatic heterocycles. The van der Waals surface area contributed by atoms with Gasteiger partial charge in [-0.25, -0.2) is 12.7 Å². The lowest BCUT2D eigenvalue weighted by Gasteiger charge is -2.20. The van der Waals surface area contributed by atoms with E-state index in [1.807, 2.05) is 6.92 Å². The lowest BCUT2D eigenvalue weighted by Crippen LogP contribution is -2.34. The molecule has 0 saturated heterocycles. The first-order valence-corrected chi connectivity index (χ1v) is 8.77. The van der Waals surface area contributed by atoms with Gasteiger partial charge in [0.05, 0.1) is 5.75 Å². The molecule has 108 valence electrons. The summed E-state index contributed by atoms with van der Waals surface area (Å²) in [7, 11) is -3.02. The number of hydrogen-bond donors (Lipinski definition) is 1. The normalized spacial score (nSPS) is 16.7. The second kappa shape index (κ2) is 7.46. The number of hydrogen-bond acceptors (Lipinski definition) is 3. The highest BCUT2D eigenvalue weighted by molar-refractivity contribution is 7.89. The quantitative estimate of drug-likeness (QED) is 0.619. The van der Waals surface area contributed by atoms with Gasteiger partial charge in [-0.2, -0.15) is 0 Å². The van der Waals surface area contributed by atoms with Gasteiger partial charge in [0.15, 0.2) is 0 Å². The maximum absolute atomic E-state index is 12.1. The first-order chi connectivity index (χ1) is 8.45. The summed E-state index contributed by atoms with van der Waals surface area (Å²) in [5.74, 6) is 0.926. The van der Waals surface area contributed by atoms with Crippen molar-refractivity contribution in [1.82, 2.24) is 9.62 Å². The smallest absolute Gasteiger partial charge is 0.214 e. The van der Waals surface area contributed by atoms with Gasteiger partial charge in [0, 0.05) is 19.1 Å². The number of sulfonamides is 1. The van der Waals surface area contributed by atoms with Crippen LogP contribution in [0.25, 0.3) is 0 Å². The Labute approximate surface area is 112 Å². The van der Waals surface area contributed by atoms with E-state index in [2.05, 4.69) is 19.2 Å². The number of rotatable bonds is 10. The molecule has 1 saturated carbocycles. The van der Waals surface area contributed by atoms with Crippen LogP contribution in [0.1, 0.15) is 46.5 Å². The summed E-state index contributed by atoms with van der Waals surface area (Å²) in [4.78, 5) is 0. The number of unbranched alkanes of at least 4 members (excludes halogenated alkanes) is 1. The molecule has 0 aromatic carbocycles.